The van der Waals surface area contributed by atoms with Gasteiger partial charge in [0.2, 0.25) is 0 Å². The zero-order valence-corrected chi connectivity index (χ0v) is 10.9. The Balaban J connectivity index is 2.73. The van der Waals surface area contributed by atoms with E-state index in [4.69, 9.17) is 10.4 Å². The van der Waals surface area contributed by atoms with Gasteiger partial charge in [-0.1, -0.05) is 6.07 Å². The Kier molecular flexibility index (Phi) is 4.65. The summed E-state index contributed by atoms with van der Waals surface area (Å²) in [6, 6.07) is 8.34. The van der Waals surface area contributed by atoms with Crippen molar-refractivity contribution < 1.29 is 14.7 Å². The van der Waals surface area contributed by atoms with E-state index in [0.717, 1.165) is 0 Å². The molecule has 5 nitrogen and oxygen atoms in total. The molecule has 100 valence electrons. The van der Waals surface area contributed by atoms with Crippen LogP contribution in [0.15, 0.2) is 24.3 Å². The van der Waals surface area contributed by atoms with Gasteiger partial charge >= 0.3 is 5.97 Å². The van der Waals surface area contributed by atoms with Gasteiger partial charge in [0.15, 0.2) is 0 Å². The smallest absolute Gasteiger partial charge is 0.303 e. The average molecular weight is 260 g/mol. The predicted molar refractivity (Wildman–Crippen MR) is 69.6 cm³/mol. The van der Waals surface area contributed by atoms with Crippen LogP contribution in [0, 0.1) is 11.3 Å². The maximum absolute atomic E-state index is 12.0. The number of hydrogen-bond donors (Lipinski definition) is 2. The summed E-state index contributed by atoms with van der Waals surface area (Å²) in [5.41, 5.74) is 0.191. The molecular formula is C14H16N2O3. The average Bonchev–Trinajstić information content (AvgIpc) is 2.36. The van der Waals surface area contributed by atoms with Crippen molar-refractivity contribution in [1.29, 1.82) is 5.26 Å². The highest BCUT2D eigenvalue weighted by Gasteiger charge is 2.22. The summed E-state index contributed by atoms with van der Waals surface area (Å²) >= 11 is 0. The first-order chi connectivity index (χ1) is 8.84. The molecule has 0 bridgehead atoms. The minimum atomic E-state index is -0.895. The number of aliphatic carboxylic acids is 1. The van der Waals surface area contributed by atoms with Gasteiger partial charge in [0, 0.05) is 17.5 Å². The Morgan fingerprint density at radius 3 is 2.68 bits per heavy atom. The molecule has 0 spiro atoms. The van der Waals surface area contributed by atoms with E-state index in [1.54, 1.807) is 32.0 Å². The van der Waals surface area contributed by atoms with E-state index in [0.29, 0.717) is 17.5 Å². The molecule has 0 atom stereocenters. The first-order valence-corrected chi connectivity index (χ1v) is 5.88. The molecule has 0 saturated carbocycles. The summed E-state index contributed by atoms with van der Waals surface area (Å²) in [6.45, 7) is 3.53. The molecular weight excluding hydrogens is 244 g/mol. The van der Waals surface area contributed by atoms with Crippen molar-refractivity contribution in [2.75, 3.05) is 0 Å². The number of amides is 1. The number of nitriles is 1. The minimum Gasteiger partial charge on any atom is -0.481 e. The number of carboxylic acids is 1. The fraction of sp³-hybridized carbons (Fsp3) is 0.357. The van der Waals surface area contributed by atoms with Crippen molar-refractivity contribution in [2.45, 2.75) is 32.2 Å². The van der Waals surface area contributed by atoms with Gasteiger partial charge in [0.05, 0.1) is 11.6 Å². The molecule has 0 aliphatic rings. The Labute approximate surface area is 111 Å². The topological polar surface area (TPSA) is 90.2 Å². The second-order valence-electron chi connectivity index (χ2n) is 4.92. The summed E-state index contributed by atoms with van der Waals surface area (Å²) in [5, 5.41) is 20.2. The van der Waals surface area contributed by atoms with Crippen LogP contribution >= 0.6 is 0 Å². The van der Waals surface area contributed by atoms with E-state index in [2.05, 4.69) is 5.32 Å². The summed E-state index contributed by atoms with van der Waals surface area (Å²) in [5.74, 6) is -1.21. The second kappa shape index (κ2) is 6.01. The fourth-order valence-corrected chi connectivity index (χ4v) is 1.59. The van der Waals surface area contributed by atoms with Gasteiger partial charge in [0.1, 0.15) is 0 Å². The van der Waals surface area contributed by atoms with Gasteiger partial charge in [-0.05, 0) is 38.5 Å². The van der Waals surface area contributed by atoms with E-state index in [-0.39, 0.29) is 12.3 Å². The molecule has 1 aromatic rings. The summed E-state index contributed by atoms with van der Waals surface area (Å²) in [6.07, 6.45) is 0.331. The Morgan fingerprint density at radius 1 is 1.42 bits per heavy atom. The number of nitrogens with zero attached hydrogens (tertiary/aromatic N) is 1. The van der Waals surface area contributed by atoms with Crippen LogP contribution in [0.5, 0.6) is 0 Å². The lowest BCUT2D eigenvalue weighted by molar-refractivity contribution is -0.137. The molecule has 0 radical (unpaired) electrons. The molecule has 0 heterocycles. The van der Waals surface area contributed by atoms with Crippen LogP contribution in [0.4, 0.5) is 0 Å². The second-order valence-corrected chi connectivity index (χ2v) is 4.92. The number of benzene rings is 1. The van der Waals surface area contributed by atoms with Crippen LogP contribution in [-0.4, -0.2) is 22.5 Å². The first-order valence-electron chi connectivity index (χ1n) is 5.88. The molecule has 0 saturated heterocycles. The first kappa shape index (κ1) is 14.7. The molecule has 0 aliphatic heterocycles. The third-order valence-corrected chi connectivity index (χ3v) is 2.67. The maximum atomic E-state index is 12.0. The highest BCUT2D eigenvalue weighted by Crippen LogP contribution is 2.13. The summed E-state index contributed by atoms with van der Waals surface area (Å²) < 4.78 is 0. The van der Waals surface area contributed by atoms with Crippen molar-refractivity contribution in [3.05, 3.63) is 35.4 Å². The monoisotopic (exact) mass is 260 g/mol. The molecule has 0 unspecified atom stereocenters. The largest absolute Gasteiger partial charge is 0.481 e. The highest BCUT2D eigenvalue weighted by atomic mass is 16.4. The molecule has 0 aromatic heterocycles. The zero-order valence-electron chi connectivity index (χ0n) is 10.9. The molecule has 1 amide bonds. The lowest BCUT2D eigenvalue weighted by atomic mass is 9.97. The van der Waals surface area contributed by atoms with Crippen molar-refractivity contribution >= 4 is 11.9 Å². The van der Waals surface area contributed by atoms with Crippen molar-refractivity contribution in [3.8, 4) is 6.07 Å². The summed E-state index contributed by atoms with van der Waals surface area (Å²) in [4.78, 5) is 22.5. The fourth-order valence-electron chi connectivity index (χ4n) is 1.59. The number of carbonyl (C=O) groups excluding carboxylic acids is 1. The van der Waals surface area contributed by atoms with E-state index >= 15 is 0 Å². The molecule has 0 fully saturated rings. The van der Waals surface area contributed by atoms with Gasteiger partial charge in [-0.25, -0.2) is 0 Å². The van der Waals surface area contributed by atoms with Crippen LogP contribution in [-0.2, 0) is 4.79 Å². The molecule has 1 aromatic carbocycles. The number of nitrogens with one attached hydrogen (secondary N) is 1. The molecule has 0 aliphatic carbocycles. The van der Waals surface area contributed by atoms with Crippen molar-refractivity contribution in [3.63, 3.8) is 0 Å². The van der Waals surface area contributed by atoms with Crippen molar-refractivity contribution in [2.24, 2.45) is 0 Å². The van der Waals surface area contributed by atoms with Gasteiger partial charge in [0.25, 0.3) is 5.91 Å². The third kappa shape index (κ3) is 4.80. The number of carboxylic acid groups (broad SMARTS) is 1. The van der Waals surface area contributed by atoms with Crippen LogP contribution in [0.2, 0.25) is 0 Å². The number of rotatable bonds is 5. The number of carbonyl (C=O) groups is 2. The predicted octanol–water partition coefficient (Wildman–Crippen LogP) is 1.93. The standard InChI is InChI=1S/C14H16N2O3/c1-14(2,7-6-12(17)18)16-13(19)11-5-3-4-10(8-11)9-15/h3-5,8H,6-7H2,1-2H3,(H,16,19)(H,17,18). The van der Waals surface area contributed by atoms with Gasteiger partial charge < -0.3 is 10.4 Å². The molecule has 1 rings (SSSR count). The van der Waals surface area contributed by atoms with Crippen LogP contribution in [0.25, 0.3) is 0 Å². The van der Waals surface area contributed by atoms with Gasteiger partial charge in [-0.15, -0.1) is 0 Å². The number of hydrogen-bond acceptors (Lipinski definition) is 3. The van der Waals surface area contributed by atoms with E-state index < -0.39 is 11.5 Å². The van der Waals surface area contributed by atoms with Gasteiger partial charge in [-0.3, -0.25) is 9.59 Å². The molecule has 19 heavy (non-hydrogen) atoms. The van der Waals surface area contributed by atoms with E-state index in [1.807, 2.05) is 6.07 Å². The Morgan fingerprint density at radius 2 is 2.11 bits per heavy atom. The van der Waals surface area contributed by atoms with E-state index in [9.17, 15) is 9.59 Å². The highest BCUT2D eigenvalue weighted by molar-refractivity contribution is 5.95. The van der Waals surface area contributed by atoms with Crippen LogP contribution in [0.1, 0.15) is 42.6 Å². The Bertz CT molecular complexity index is 530. The SMILES string of the molecule is CC(C)(CCC(=O)O)NC(=O)c1cccc(C#N)c1. The lowest BCUT2D eigenvalue weighted by Crippen LogP contribution is -2.43. The molecule has 2 N–H and O–H groups in total. The van der Waals surface area contributed by atoms with Crippen molar-refractivity contribution in [1.82, 2.24) is 5.32 Å². The maximum Gasteiger partial charge on any atom is 0.303 e. The third-order valence-electron chi connectivity index (χ3n) is 2.67. The zero-order chi connectivity index (χ0) is 14.5. The lowest BCUT2D eigenvalue weighted by Gasteiger charge is -2.25. The van der Waals surface area contributed by atoms with Gasteiger partial charge in [-0.2, -0.15) is 5.26 Å². The Hall–Kier alpha value is -2.35. The van der Waals surface area contributed by atoms with E-state index in [1.165, 1.54) is 6.07 Å². The molecule has 5 heteroatoms. The summed E-state index contributed by atoms with van der Waals surface area (Å²) in [7, 11) is 0. The normalized spacial score (nSPS) is 10.6. The van der Waals surface area contributed by atoms with Crippen LogP contribution < -0.4 is 5.32 Å². The minimum absolute atomic E-state index is 0.00842. The quantitative estimate of drug-likeness (QED) is 0.846. The van der Waals surface area contributed by atoms with Crippen LogP contribution in [0.3, 0.4) is 0 Å².